The van der Waals surface area contributed by atoms with Gasteiger partial charge in [-0.1, -0.05) is 12.1 Å². The number of fused-ring (bicyclic) bond motifs is 1. The van der Waals surface area contributed by atoms with Crippen LogP contribution in [0.3, 0.4) is 0 Å². The summed E-state index contributed by atoms with van der Waals surface area (Å²) < 4.78 is 62.2. The van der Waals surface area contributed by atoms with E-state index in [1.807, 2.05) is 0 Å². The van der Waals surface area contributed by atoms with E-state index < -0.39 is 35.1 Å². The van der Waals surface area contributed by atoms with Gasteiger partial charge in [-0.2, -0.15) is 18.3 Å². The Morgan fingerprint density at radius 1 is 0.972 bits per heavy atom. The van der Waals surface area contributed by atoms with E-state index in [-0.39, 0.29) is 22.8 Å². The summed E-state index contributed by atoms with van der Waals surface area (Å²) in [7, 11) is 0. The van der Waals surface area contributed by atoms with Gasteiger partial charge in [-0.05, 0) is 61.7 Å². The first-order chi connectivity index (χ1) is 17.2. The number of para-hydroxylation sites is 1. The zero-order valence-corrected chi connectivity index (χ0v) is 18.5. The molecule has 0 radical (unpaired) electrons. The lowest BCUT2D eigenvalue weighted by atomic mass is 10.1. The fourth-order valence-corrected chi connectivity index (χ4v) is 4.19. The number of hydrogen-bond acceptors (Lipinski definition) is 4. The maximum atomic E-state index is 14.4. The molecular weight excluding hydrogens is 480 g/mol. The molecule has 2 N–H and O–H groups in total. The second-order valence-corrected chi connectivity index (χ2v) is 8.13. The molecule has 2 amide bonds. The number of hydrogen-bond donors (Lipinski definition) is 2. The van der Waals surface area contributed by atoms with Gasteiger partial charge in [0, 0.05) is 16.9 Å². The van der Waals surface area contributed by atoms with Crippen LogP contribution in [-0.4, -0.2) is 21.6 Å². The van der Waals surface area contributed by atoms with Gasteiger partial charge in [0.25, 0.3) is 11.8 Å². The number of aromatic nitrogens is 2. The van der Waals surface area contributed by atoms with Crippen LogP contribution in [0.1, 0.15) is 44.3 Å². The molecule has 36 heavy (non-hydrogen) atoms. The molecule has 0 spiro atoms. The zero-order chi connectivity index (χ0) is 25.4. The minimum absolute atomic E-state index is 0.0610. The summed E-state index contributed by atoms with van der Waals surface area (Å²) in [6.45, 7) is 0. The Kier molecular flexibility index (Phi) is 5.83. The van der Waals surface area contributed by atoms with E-state index in [0.29, 0.717) is 30.5 Å². The van der Waals surface area contributed by atoms with Crippen molar-refractivity contribution in [2.24, 2.45) is 0 Å². The molecule has 2 heterocycles. The number of halogens is 4. The molecule has 1 aliphatic rings. The van der Waals surface area contributed by atoms with Gasteiger partial charge in [0.1, 0.15) is 11.5 Å². The summed E-state index contributed by atoms with van der Waals surface area (Å²) in [6.07, 6.45) is -1.81. The third kappa shape index (κ3) is 4.35. The van der Waals surface area contributed by atoms with Crippen LogP contribution in [0.5, 0.6) is 0 Å². The molecule has 0 saturated heterocycles. The number of furan rings is 1. The molecule has 7 nitrogen and oxygen atoms in total. The third-order valence-electron chi connectivity index (χ3n) is 5.80. The molecule has 0 fully saturated rings. The van der Waals surface area contributed by atoms with E-state index in [4.69, 9.17) is 4.42 Å². The molecule has 0 atom stereocenters. The Labute approximate surface area is 201 Å². The molecule has 0 aliphatic heterocycles. The van der Waals surface area contributed by atoms with Crippen molar-refractivity contribution < 1.29 is 31.6 Å². The number of nitrogens with zero attached hydrogens (tertiary/aromatic N) is 2. The highest BCUT2D eigenvalue weighted by molar-refractivity contribution is 6.05. The van der Waals surface area contributed by atoms with Crippen molar-refractivity contribution >= 4 is 23.2 Å². The number of anilines is 2. The minimum atomic E-state index is -4.83. The van der Waals surface area contributed by atoms with E-state index in [9.17, 15) is 27.2 Å². The maximum Gasteiger partial charge on any atom is 0.418 e. The van der Waals surface area contributed by atoms with Gasteiger partial charge >= 0.3 is 6.18 Å². The highest BCUT2D eigenvalue weighted by Crippen LogP contribution is 2.37. The van der Waals surface area contributed by atoms with Crippen molar-refractivity contribution in [2.75, 3.05) is 10.6 Å². The summed E-state index contributed by atoms with van der Waals surface area (Å²) in [4.78, 5) is 25.2. The van der Waals surface area contributed by atoms with Crippen LogP contribution in [-0.2, 0) is 19.0 Å². The van der Waals surface area contributed by atoms with Crippen molar-refractivity contribution in [1.82, 2.24) is 9.78 Å². The van der Waals surface area contributed by atoms with Crippen molar-refractivity contribution in [3.8, 4) is 5.69 Å². The van der Waals surface area contributed by atoms with Gasteiger partial charge in [-0.15, -0.1) is 0 Å². The maximum absolute atomic E-state index is 14.4. The summed E-state index contributed by atoms with van der Waals surface area (Å²) in [5, 5.41) is 8.88. The van der Waals surface area contributed by atoms with Gasteiger partial charge in [-0.25, -0.2) is 9.07 Å². The van der Waals surface area contributed by atoms with Gasteiger partial charge in [0.2, 0.25) is 0 Å². The van der Waals surface area contributed by atoms with E-state index in [1.54, 1.807) is 6.07 Å². The molecular formula is C25H18F4N4O3. The quantitative estimate of drug-likeness (QED) is 0.350. The van der Waals surface area contributed by atoms with E-state index in [2.05, 4.69) is 15.7 Å². The highest BCUT2D eigenvalue weighted by atomic mass is 19.4. The number of rotatable bonds is 5. The molecule has 1 aliphatic carbocycles. The van der Waals surface area contributed by atoms with Gasteiger partial charge < -0.3 is 15.1 Å². The number of carbonyl (C=O) groups excluding carboxylic acids is 2. The Morgan fingerprint density at radius 3 is 2.50 bits per heavy atom. The molecule has 0 unspecified atom stereocenters. The zero-order valence-electron chi connectivity index (χ0n) is 18.5. The van der Waals surface area contributed by atoms with Crippen molar-refractivity contribution in [1.29, 1.82) is 0 Å². The van der Waals surface area contributed by atoms with Gasteiger partial charge in [-0.3, -0.25) is 9.59 Å². The lowest BCUT2D eigenvalue weighted by molar-refractivity contribution is -0.136. The highest BCUT2D eigenvalue weighted by Gasteiger charge is 2.35. The molecule has 0 saturated carbocycles. The monoisotopic (exact) mass is 498 g/mol. The van der Waals surface area contributed by atoms with E-state index in [1.165, 1.54) is 47.3 Å². The Hall–Kier alpha value is -4.41. The normalized spacial score (nSPS) is 12.9. The lowest BCUT2D eigenvalue weighted by Gasteiger charge is -2.15. The van der Waals surface area contributed by atoms with Crippen molar-refractivity contribution in [3.63, 3.8) is 0 Å². The van der Waals surface area contributed by atoms with Crippen molar-refractivity contribution in [3.05, 3.63) is 95.0 Å². The second kappa shape index (κ2) is 8.99. The molecule has 2 aromatic heterocycles. The largest absolute Gasteiger partial charge is 0.459 e. The Balaban J connectivity index is 1.45. The predicted octanol–water partition coefficient (Wildman–Crippen LogP) is 5.62. The summed E-state index contributed by atoms with van der Waals surface area (Å²) in [6, 6.07) is 11.8. The van der Waals surface area contributed by atoms with Crippen LogP contribution in [0, 0.1) is 5.82 Å². The Morgan fingerprint density at radius 2 is 1.78 bits per heavy atom. The third-order valence-corrected chi connectivity index (χ3v) is 5.80. The van der Waals surface area contributed by atoms with Gasteiger partial charge in [0.05, 0.1) is 17.5 Å². The van der Waals surface area contributed by atoms with Crippen LogP contribution in [0.2, 0.25) is 0 Å². The van der Waals surface area contributed by atoms with Crippen LogP contribution >= 0.6 is 0 Å². The number of nitrogens with one attached hydrogen (secondary N) is 2. The number of alkyl halides is 3. The number of carbonyl (C=O) groups is 2. The predicted molar refractivity (Wildman–Crippen MR) is 122 cm³/mol. The SMILES string of the molecule is O=C(Nc1ccc(NC(=O)c2nn(-c3ccccc3F)c3c2CCC3)c(C(F)(F)F)c1)c1ccco1. The summed E-state index contributed by atoms with van der Waals surface area (Å²) >= 11 is 0. The molecule has 4 aromatic rings. The average molecular weight is 498 g/mol. The summed E-state index contributed by atoms with van der Waals surface area (Å²) in [5.74, 6) is -2.17. The lowest BCUT2D eigenvalue weighted by Crippen LogP contribution is -2.19. The standard InChI is InChI=1S/C25H18F4N4O3/c26-17-6-1-2-7-20(17)33-19-8-3-5-15(19)22(32-33)24(35)31-18-11-10-14(13-16(18)25(27,28)29)30-23(34)21-9-4-12-36-21/h1-2,4,6-7,9-13H,3,5,8H2,(H,30,34)(H,31,35). The van der Waals surface area contributed by atoms with Crippen LogP contribution in [0.4, 0.5) is 28.9 Å². The fraction of sp³-hybridized carbons (Fsp3) is 0.160. The first kappa shape index (κ1) is 23.3. The molecule has 0 bridgehead atoms. The van der Waals surface area contributed by atoms with Crippen LogP contribution < -0.4 is 10.6 Å². The number of amides is 2. The first-order valence-corrected chi connectivity index (χ1v) is 11.0. The molecule has 2 aromatic carbocycles. The second-order valence-electron chi connectivity index (χ2n) is 8.13. The van der Waals surface area contributed by atoms with Crippen molar-refractivity contribution in [2.45, 2.75) is 25.4 Å². The van der Waals surface area contributed by atoms with Crippen LogP contribution in [0.25, 0.3) is 5.69 Å². The molecule has 11 heteroatoms. The number of benzene rings is 2. The van der Waals surface area contributed by atoms with E-state index >= 15 is 0 Å². The van der Waals surface area contributed by atoms with Crippen LogP contribution in [0.15, 0.2) is 65.3 Å². The summed E-state index contributed by atoms with van der Waals surface area (Å²) in [5.41, 5.74) is -0.472. The molecule has 5 rings (SSSR count). The average Bonchev–Trinajstić information content (AvgIpc) is 3.58. The first-order valence-electron chi connectivity index (χ1n) is 11.0. The van der Waals surface area contributed by atoms with Gasteiger partial charge in [0.15, 0.2) is 11.5 Å². The topological polar surface area (TPSA) is 89.2 Å². The smallest absolute Gasteiger partial charge is 0.418 e. The minimum Gasteiger partial charge on any atom is -0.459 e. The molecule has 184 valence electrons. The Bertz CT molecular complexity index is 1460. The van der Waals surface area contributed by atoms with E-state index in [0.717, 1.165) is 12.1 Å². The fourth-order valence-electron chi connectivity index (χ4n) is 4.19.